The molecule has 11 heteroatoms. The lowest BCUT2D eigenvalue weighted by Crippen LogP contribution is -2.06. The molecule has 0 spiro atoms. The monoisotopic (exact) mass is 312 g/mol. The van der Waals surface area contributed by atoms with Gasteiger partial charge in [-0.15, -0.1) is 0 Å². The van der Waals surface area contributed by atoms with Crippen molar-refractivity contribution in [2.75, 3.05) is 0 Å². The quantitative estimate of drug-likeness (QED) is 0.477. The summed E-state index contributed by atoms with van der Waals surface area (Å²) >= 11 is 0. The predicted molar refractivity (Wildman–Crippen MR) is 57.5 cm³/mol. The molecule has 0 atom stereocenters. The van der Waals surface area contributed by atoms with Gasteiger partial charge in [-0.05, 0) is 0 Å². The minimum absolute atomic E-state index is 0.485. The van der Waals surface area contributed by atoms with Gasteiger partial charge in [-0.3, -0.25) is 10.1 Å². The maximum atomic E-state index is 12.1. The molecule has 0 radical (unpaired) electrons. The number of benzene rings is 1. The Morgan fingerprint density at radius 3 is 2.42 bits per heavy atom. The smallest absolute Gasteiger partial charge is 0.387 e. The van der Waals surface area contributed by atoms with Gasteiger partial charge in [0.15, 0.2) is 11.3 Å². The molecule has 19 heavy (non-hydrogen) atoms. The van der Waals surface area contributed by atoms with Crippen molar-refractivity contribution in [1.82, 2.24) is 0 Å². The van der Waals surface area contributed by atoms with E-state index in [1.807, 2.05) is 0 Å². The minimum atomic E-state index is -4.41. The summed E-state index contributed by atoms with van der Waals surface area (Å²) in [6.45, 7) is -3.39. The summed E-state index contributed by atoms with van der Waals surface area (Å²) in [6.07, 6.45) is 0. The van der Waals surface area contributed by atoms with Crippen LogP contribution < -0.4 is 4.74 Å². The fourth-order valence-electron chi connectivity index (χ4n) is 1.16. The minimum Gasteiger partial charge on any atom is -0.433 e. The molecule has 0 aliphatic carbocycles. The molecule has 0 aliphatic heterocycles. The summed E-state index contributed by atoms with van der Waals surface area (Å²) in [5, 5.41) is 19.4. The average molecular weight is 313 g/mol. The van der Waals surface area contributed by atoms with E-state index in [2.05, 4.69) is 4.74 Å². The van der Waals surface area contributed by atoms with Crippen molar-refractivity contribution in [3.8, 4) is 11.8 Å². The number of hydrogen-bond donors (Lipinski definition) is 0. The Labute approximate surface area is 109 Å². The van der Waals surface area contributed by atoms with E-state index in [0.29, 0.717) is 12.1 Å². The highest BCUT2D eigenvalue weighted by Crippen LogP contribution is 2.33. The van der Waals surface area contributed by atoms with Gasteiger partial charge in [0.25, 0.3) is 14.7 Å². The van der Waals surface area contributed by atoms with Gasteiger partial charge in [0, 0.05) is 22.8 Å². The topological polar surface area (TPSA) is 110 Å². The van der Waals surface area contributed by atoms with E-state index in [1.54, 1.807) is 0 Å². The second-order valence-electron chi connectivity index (χ2n) is 3.00. The maximum Gasteiger partial charge on any atom is 0.387 e. The summed E-state index contributed by atoms with van der Waals surface area (Å²) in [5.74, 6) is -0.939. The van der Waals surface area contributed by atoms with Crippen molar-refractivity contribution in [2.45, 2.75) is 11.5 Å². The zero-order chi connectivity index (χ0) is 14.8. The summed E-state index contributed by atoms with van der Waals surface area (Å²) in [7, 11) is 0.554. The van der Waals surface area contributed by atoms with Crippen molar-refractivity contribution in [2.24, 2.45) is 0 Å². The number of halogens is 3. The molecule has 7 nitrogen and oxygen atoms in total. The Hall–Kier alpha value is -1.99. The van der Waals surface area contributed by atoms with E-state index in [-0.39, 0.29) is 0 Å². The zero-order valence-corrected chi connectivity index (χ0v) is 10.3. The first-order chi connectivity index (χ1) is 8.66. The van der Waals surface area contributed by atoms with Crippen LogP contribution in [0, 0.1) is 21.4 Å². The molecule has 0 N–H and O–H groups in total. The normalized spacial score (nSPS) is 11.1. The van der Waals surface area contributed by atoms with Gasteiger partial charge in [0.05, 0.1) is 9.82 Å². The number of nitro benzene ring substituents is 1. The maximum absolute atomic E-state index is 12.1. The highest BCUT2D eigenvalue weighted by atomic mass is 35.7. The highest BCUT2D eigenvalue weighted by molar-refractivity contribution is 8.13. The second kappa shape index (κ2) is 5.33. The lowest BCUT2D eigenvalue weighted by Gasteiger charge is -2.08. The van der Waals surface area contributed by atoms with Crippen LogP contribution in [0.2, 0.25) is 0 Å². The van der Waals surface area contributed by atoms with Gasteiger partial charge < -0.3 is 4.74 Å². The zero-order valence-electron chi connectivity index (χ0n) is 8.71. The Bertz CT molecular complexity index is 670. The van der Waals surface area contributed by atoms with Gasteiger partial charge in [-0.2, -0.15) is 14.0 Å². The predicted octanol–water partition coefficient (Wildman–Crippen LogP) is 2.00. The number of nitriles is 1. The second-order valence-corrected chi connectivity index (χ2v) is 5.57. The molecule has 1 aromatic carbocycles. The highest BCUT2D eigenvalue weighted by Gasteiger charge is 2.26. The summed E-state index contributed by atoms with van der Waals surface area (Å²) in [5.41, 5.74) is -1.82. The van der Waals surface area contributed by atoms with E-state index >= 15 is 0 Å². The summed E-state index contributed by atoms with van der Waals surface area (Å²) in [4.78, 5) is 8.74. The van der Waals surface area contributed by atoms with Gasteiger partial charge in [-0.1, -0.05) is 0 Å². The Kier molecular flexibility index (Phi) is 4.23. The molecule has 1 rings (SSSR count). The van der Waals surface area contributed by atoms with Crippen LogP contribution in [0.5, 0.6) is 5.75 Å². The Balaban J connectivity index is 3.65. The molecule has 0 unspecified atom stereocenters. The molecule has 0 aliphatic rings. The third-order valence-corrected chi connectivity index (χ3v) is 3.19. The van der Waals surface area contributed by atoms with Crippen LogP contribution in [-0.2, 0) is 9.05 Å². The lowest BCUT2D eigenvalue weighted by molar-refractivity contribution is -0.385. The van der Waals surface area contributed by atoms with Crippen LogP contribution in [0.3, 0.4) is 0 Å². The SMILES string of the molecule is N#Cc1c(OC(F)F)cc(S(=O)(=O)Cl)cc1[N+](=O)[O-]. The first-order valence-corrected chi connectivity index (χ1v) is 6.59. The van der Waals surface area contributed by atoms with Crippen LogP contribution in [0.4, 0.5) is 14.5 Å². The van der Waals surface area contributed by atoms with Crippen molar-refractivity contribution in [1.29, 1.82) is 5.26 Å². The molecule has 1 aromatic rings. The molecule has 0 bridgehead atoms. The number of rotatable bonds is 4. The summed E-state index contributed by atoms with van der Waals surface area (Å²) in [6, 6.07) is 2.29. The van der Waals surface area contributed by atoms with Gasteiger partial charge in [-0.25, -0.2) is 8.42 Å². The van der Waals surface area contributed by atoms with Crippen LogP contribution in [0.15, 0.2) is 17.0 Å². The molecule has 0 saturated heterocycles. The number of nitro groups is 1. The van der Waals surface area contributed by atoms with Crippen molar-refractivity contribution >= 4 is 25.4 Å². The number of nitrogens with zero attached hydrogens (tertiary/aromatic N) is 2. The fourth-order valence-corrected chi connectivity index (χ4v) is 1.93. The molecular formula is C8H3ClF2N2O5S. The molecule has 0 fully saturated rings. The molecule has 0 heterocycles. The van der Waals surface area contributed by atoms with E-state index in [4.69, 9.17) is 15.9 Å². The third-order valence-electron chi connectivity index (χ3n) is 1.86. The van der Waals surface area contributed by atoms with Gasteiger partial charge in [0.2, 0.25) is 0 Å². The van der Waals surface area contributed by atoms with E-state index < -0.39 is 42.5 Å². The van der Waals surface area contributed by atoms with Crippen molar-refractivity contribution in [3.05, 3.63) is 27.8 Å². The van der Waals surface area contributed by atoms with Crippen molar-refractivity contribution < 1.29 is 26.9 Å². The Morgan fingerprint density at radius 1 is 1.47 bits per heavy atom. The summed E-state index contributed by atoms with van der Waals surface area (Å²) < 4.78 is 50.2. The first kappa shape index (κ1) is 15.1. The lowest BCUT2D eigenvalue weighted by atomic mass is 10.2. The molecule has 0 amide bonds. The molecule has 0 saturated carbocycles. The first-order valence-electron chi connectivity index (χ1n) is 4.29. The van der Waals surface area contributed by atoms with Crippen LogP contribution in [-0.4, -0.2) is 20.0 Å². The van der Waals surface area contributed by atoms with E-state index in [0.717, 1.165) is 0 Å². The van der Waals surface area contributed by atoms with Gasteiger partial charge in [0.1, 0.15) is 6.07 Å². The number of hydrogen-bond acceptors (Lipinski definition) is 6. The molecule has 102 valence electrons. The third kappa shape index (κ3) is 3.49. The standard InChI is InChI=1S/C8H3ClF2N2O5S/c9-19(16,17)4-1-6(13(14)15)5(3-12)7(2-4)18-8(10)11/h1-2,8H. The van der Waals surface area contributed by atoms with Crippen LogP contribution in [0.1, 0.15) is 5.56 Å². The Morgan fingerprint density at radius 2 is 2.05 bits per heavy atom. The number of alkyl halides is 2. The largest absolute Gasteiger partial charge is 0.433 e. The van der Waals surface area contributed by atoms with Crippen LogP contribution >= 0.6 is 10.7 Å². The van der Waals surface area contributed by atoms with E-state index in [9.17, 15) is 27.3 Å². The fraction of sp³-hybridized carbons (Fsp3) is 0.125. The average Bonchev–Trinajstić information content (AvgIpc) is 2.25. The molecule has 0 aromatic heterocycles. The molecular weight excluding hydrogens is 310 g/mol. The van der Waals surface area contributed by atoms with Gasteiger partial charge >= 0.3 is 6.61 Å². The van der Waals surface area contributed by atoms with Crippen LogP contribution in [0.25, 0.3) is 0 Å². The van der Waals surface area contributed by atoms with E-state index in [1.165, 1.54) is 6.07 Å². The number of ether oxygens (including phenoxy) is 1. The van der Waals surface area contributed by atoms with Crippen molar-refractivity contribution in [3.63, 3.8) is 0 Å².